The Hall–Kier alpha value is -3.73. The van der Waals surface area contributed by atoms with E-state index >= 15 is 0 Å². The molecular weight excluding hydrogens is 388 g/mol. The van der Waals surface area contributed by atoms with Crippen LogP contribution in [0.3, 0.4) is 0 Å². The lowest BCUT2D eigenvalue weighted by Gasteiger charge is -2.12. The predicted molar refractivity (Wildman–Crippen MR) is 110 cm³/mol. The number of carbonyl (C=O) groups is 2. The number of methoxy groups -OCH3 is 3. The topological polar surface area (TPSA) is 111 Å². The van der Waals surface area contributed by atoms with Gasteiger partial charge < -0.3 is 23.9 Å². The van der Waals surface area contributed by atoms with Gasteiger partial charge in [0, 0.05) is 17.3 Å². The van der Waals surface area contributed by atoms with E-state index in [-0.39, 0.29) is 17.9 Å². The Morgan fingerprint density at radius 3 is 2.20 bits per heavy atom. The zero-order chi connectivity index (χ0) is 22.4. The van der Waals surface area contributed by atoms with E-state index in [0.717, 1.165) is 0 Å². The molecule has 158 valence electrons. The normalized spacial score (nSPS) is 10.9. The largest absolute Gasteiger partial charge is 0.496 e. The summed E-state index contributed by atoms with van der Waals surface area (Å²) < 4.78 is 20.9. The number of nitriles is 1. The number of aryl methyl sites for hydroxylation is 1. The molecule has 0 saturated carbocycles. The molecule has 0 radical (unpaired) electrons. The molecular formula is C22H24N2O6. The predicted octanol–water partition coefficient (Wildman–Crippen LogP) is 3.62. The van der Waals surface area contributed by atoms with Crippen LogP contribution in [0.2, 0.25) is 0 Å². The maximum Gasteiger partial charge on any atom is 0.340 e. The van der Waals surface area contributed by atoms with Crippen LogP contribution in [0.15, 0.2) is 17.7 Å². The number of aromatic nitrogens is 1. The summed E-state index contributed by atoms with van der Waals surface area (Å²) in [5, 5.41) is 9.63. The number of aromatic amines is 1. The number of hydrogen-bond acceptors (Lipinski definition) is 7. The van der Waals surface area contributed by atoms with E-state index < -0.39 is 11.8 Å². The molecule has 8 heteroatoms. The summed E-state index contributed by atoms with van der Waals surface area (Å²) in [5.74, 6) is 0.203. The maximum atomic E-state index is 13.1. The maximum absolute atomic E-state index is 13.1. The molecule has 1 aromatic heterocycles. The molecule has 0 atom stereocenters. The highest BCUT2D eigenvalue weighted by Gasteiger charge is 2.25. The highest BCUT2D eigenvalue weighted by atomic mass is 16.5. The molecule has 0 unspecified atom stereocenters. The lowest BCUT2D eigenvalue weighted by Crippen LogP contribution is -2.08. The van der Waals surface area contributed by atoms with E-state index in [4.69, 9.17) is 18.9 Å². The van der Waals surface area contributed by atoms with Gasteiger partial charge in [0.2, 0.25) is 5.78 Å². The van der Waals surface area contributed by atoms with E-state index in [0.29, 0.717) is 39.6 Å². The van der Waals surface area contributed by atoms with Gasteiger partial charge in [-0.05, 0) is 38.5 Å². The van der Waals surface area contributed by atoms with Gasteiger partial charge in [0.05, 0.1) is 39.2 Å². The van der Waals surface area contributed by atoms with Gasteiger partial charge >= 0.3 is 5.97 Å². The fourth-order valence-electron chi connectivity index (χ4n) is 3.09. The van der Waals surface area contributed by atoms with E-state index in [9.17, 15) is 14.9 Å². The minimum absolute atomic E-state index is 0.139. The van der Waals surface area contributed by atoms with Gasteiger partial charge in [-0.3, -0.25) is 4.79 Å². The first-order chi connectivity index (χ1) is 14.3. The molecule has 0 fully saturated rings. The smallest absolute Gasteiger partial charge is 0.340 e. The molecule has 1 N–H and O–H groups in total. The molecule has 0 bridgehead atoms. The molecule has 2 aromatic rings. The van der Waals surface area contributed by atoms with Gasteiger partial charge in [-0.1, -0.05) is 0 Å². The summed E-state index contributed by atoms with van der Waals surface area (Å²) in [6.45, 7) is 5.22. The zero-order valence-electron chi connectivity index (χ0n) is 17.8. The summed E-state index contributed by atoms with van der Waals surface area (Å²) in [5.41, 5.74) is 1.70. The standard InChI is InChI=1S/C22H24N2O6/c1-7-30-22(26)19-12(2)20(24-13(19)3)21(25)15(11-23)8-14-9-17(28-5)18(29-6)10-16(14)27-4/h8-10,24H,7H2,1-6H3/b15-8+. The molecule has 0 saturated heterocycles. The van der Waals surface area contributed by atoms with Gasteiger partial charge in [-0.15, -0.1) is 0 Å². The van der Waals surface area contributed by atoms with E-state index in [1.54, 1.807) is 32.9 Å². The molecule has 30 heavy (non-hydrogen) atoms. The monoisotopic (exact) mass is 412 g/mol. The second kappa shape index (κ2) is 9.65. The van der Waals surface area contributed by atoms with Crippen LogP contribution in [0, 0.1) is 25.2 Å². The second-order valence-corrected chi connectivity index (χ2v) is 6.29. The van der Waals surface area contributed by atoms with Gasteiger partial charge in [-0.2, -0.15) is 5.26 Å². The Bertz CT molecular complexity index is 1040. The Kier molecular flexibility index (Phi) is 7.26. The first-order valence-corrected chi connectivity index (χ1v) is 9.15. The summed E-state index contributed by atoms with van der Waals surface area (Å²) in [6, 6.07) is 5.14. The number of esters is 1. The van der Waals surface area contributed by atoms with Crippen LogP contribution in [0.1, 0.15) is 44.6 Å². The van der Waals surface area contributed by atoms with Crippen molar-refractivity contribution < 1.29 is 28.5 Å². The third kappa shape index (κ3) is 4.30. The molecule has 0 aliphatic carbocycles. The third-order valence-electron chi connectivity index (χ3n) is 4.54. The highest BCUT2D eigenvalue weighted by Crippen LogP contribution is 2.36. The Labute approximate surface area is 175 Å². The Balaban J connectivity index is 2.55. The molecule has 0 aliphatic heterocycles. The van der Waals surface area contributed by atoms with Crippen molar-refractivity contribution in [2.75, 3.05) is 27.9 Å². The van der Waals surface area contributed by atoms with Crippen molar-refractivity contribution in [2.24, 2.45) is 0 Å². The van der Waals surface area contributed by atoms with Crippen molar-refractivity contribution in [1.29, 1.82) is 5.26 Å². The summed E-state index contributed by atoms with van der Waals surface area (Å²) >= 11 is 0. The van der Waals surface area contributed by atoms with E-state index in [2.05, 4.69) is 4.98 Å². The van der Waals surface area contributed by atoms with E-state index in [1.807, 2.05) is 6.07 Å². The molecule has 1 aromatic carbocycles. The number of ether oxygens (including phenoxy) is 4. The summed E-state index contributed by atoms with van der Waals surface area (Å²) in [6.07, 6.45) is 1.41. The SMILES string of the molecule is CCOC(=O)c1c(C)[nH]c(C(=O)/C(C#N)=C/c2cc(OC)c(OC)cc2OC)c1C. The number of H-pyrrole nitrogens is 1. The first-order valence-electron chi connectivity index (χ1n) is 9.15. The van der Waals surface area contributed by atoms with Crippen molar-refractivity contribution in [3.05, 3.63) is 45.8 Å². The average molecular weight is 412 g/mol. The van der Waals surface area contributed by atoms with Gasteiger partial charge in [0.15, 0.2) is 11.5 Å². The number of nitrogens with zero attached hydrogens (tertiary/aromatic N) is 1. The minimum Gasteiger partial charge on any atom is -0.496 e. The second-order valence-electron chi connectivity index (χ2n) is 6.29. The van der Waals surface area contributed by atoms with Crippen LogP contribution in [-0.2, 0) is 4.74 Å². The van der Waals surface area contributed by atoms with Crippen molar-refractivity contribution in [3.63, 3.8) is 0 Å². The number of hydrogen-bond donors (Lipinski definition) is 1. The Morgan fingerprint density at radius 2 is 1.67 bits per heavy atom. The Morgan fingerprint density at radius 1 is 1.07 bits per heavy atom. The van der Waals surface area contributed by atoms with Crippen LogP contribution in [0.4, 0.5) is 0 Å². The number of allylic oxidation sites excluding steroid dienone is 1. The number of Topliss-reactive ketones (excluding diaryl/α,β-unsaturated/α-hetero) is 1. The first kappa shape index (κ1) is 22.6. The average Bonchev–Trinajstić information content (AvgIpc) is 3.04. The summed E-state index contributed by atoms with van der Waals surface area (Å²) in [7, 11) is 4.45. The fourth-order valence-corrected chi connectivity index (χ4v) is 3.09. The fraction of sp³-hybridized carbons (Fsp3) is 0.318. The number of nitrogens with one attached hydrogen (secondary N) is 1. The molecule has 1 heterocycles. The number of carbonyl (C=O) groups excluding carboxylic acids is 2. The van der Waals surface area contributed by atoms with Crippen LogP contribution in [0.25, 0.3) is 6.08 Å². The van der Waals surface area contributed by atoms with Crippen molar-refractivity contribution >= 4 is 17.8 Å². The quantitative estimate of drug-likeness (QED) is 0.305. The highest BCUT2D eigenvalue weighted by molar-refractivity contribution is 6.15. The van der Waals surface area contributed by atoms with E-state index in [1.165, 1.54) is 27.4 Å². The number of benzene rings is 1. The molecule has 8 nitrogen and oxygen atoms in total. The number of rotatable bonds is 8. The molecule has 0 amide bonds. The van der Waals surface area contributed by atoms with Crippen molar-refractivity contribution in [1.82, 2.24) is 4.98 Å². The van der Waals surface area contributed by atoms with Crippen LogP contribution < -0.4 is 14.2 Å². The third-order valence-corrected chi connectivity index (χ3v) is 4.54. The lowest BCUT2D eigenvalue weighted by molar-refractivity contribution is 0.0525. The van der Waals surface area contributed by atoms with Gasteiger partial charge in [0.25, 0.3) is 0 Å². The van der Waals surface area contributed by atoms with Gasteiger partial charge in [-0.25, -0.2) is 4.79 Å². The lowest BCUT2D eigenvalue weighted by atomic mass is 10.0. The van der Waals surface area contributed by atoms with Gasteiger partial charge in [0.1, 0.15) is 17.4 Å². The molecule has 0 aliphatic rings. The zero-order valence-corrected chi connectivity index (χ0v) is 17.8. The van der Waals surface area contributed by atoms with Crippen molar-refractivity contribution in [2.45, 2.75) is 20.8 Å². The molecule has 0 spiro atoms. The molecule has 2 rings (SSSR count). The number of ketones is 1. The van der Waals surface area contributed by atoms with Crippen LogP contribution in [0.5, 0.6) is 17.2 Å². The van der Waals surface area contributed by atoms with Crippen LogP contribution in [-0.4, -0.2) is 44.7 Å². The van der Waals surface area contributed by atoms with Crippen LogP contribution >= 0.6 is 0 Å². The minimum atomic E-state index is -0.550. The van der Waals surface area contributed by atoms with Crippen molar-refractivity contribution in [3.8, 4) is 23.3 Å². The summed E-state index contributed by atoms with van der Waals surface area (Å²) in [4.78, 5) is 28.1.